The van der Waals surface area contributed by atoms with Crippen LogP contribution in [0.25, 0.3) is 5.57 Å². The maximum atomic E-state index is 9.05. The van der Waals surface area contributed by atoms with Crippen LogP contribution in [0.4, 0.5) is 0 Å². The van der Waals surface area contributed by atoms with Gasteiger partial charge in [-0.05, 0) is 34.6 Å². The van der Waals surface area contributed by atoms with Gasteiger partial charge in [-0.1, -0.05) is 36.4 Å². The fourth-order valence-electron chi connectivity index (χ4n) is 2.55. The summed E-state index contributed by atoms with van der Waals surface area (Å²) < 4.78 is 0. The molecule has 0 amide bonds. The van der Waals surface area contributed by atoms with E-state index < -0.39 is 0 Å². The van der Waals surface area contributed by atoms with E-state index in [1.165, 1.54) is 16.0 Å². The molecule has 0 atom stereocenters. The topological polar surface area (TPSA) is 23.5 Å². The monoisotopic (exact) mass is 285 g/mol. The van der Waals surface area contributed by atoms with Gasteiger partial charge in [-0.3, -0.25) is 4.90 Å². The van der Waals surface area contributed by atoms with Crippen molar-refractivity contribution in [2.24, 2.45) is 0 Å². The highest BCUT2D eigenvalue weighted by molar-refractivity contribution is 7.11. The molecule has 1 aliphatic rings. The Kier molecular flexibility index (Phi) is 4.31. The fraction of sp³-hybridized carbons (Fsp3) is 0.294. The minimum atomic E-state index is 0.122. The summed E-state index contributed by atoms with van der Waals surface area (Å²) in [7, 11) is 0. The van der Waals surface area contributed by atoms with E-state index in [2.05, 4.69) is 40.6 Å². The molecule has 20 heavy (non-hydrogen) atoms. The Balaban J connectivity index is 1.60. The highest BCUT2D eigenvalue weighted by atomic mass is 32.1. The Hall–Kier alpha value is -1.42. The molecule has 0 saturated carbocycles. The third-order valence-corrected chi connectivity index (χ3v) is 4.69. The SMILES string of the molecule is OCc1ccc(CN2CC=C(c3cccs3)CC2)cc1. The molecule has 0 radical (unpaired) electrons. The summed E-state index contributed by atoms with van der Waals surface area (Å²) in [5, 5.41) is 11.2. The van der Waals surface area contributed by atoms with Gasteiger partial charge in [0.2, 0.25) is 0 Å². The summed E-state index contributed by atoms with van der Waals surface area (Å²) in [6, 6.07) is 12.6. The van der Waals surface area contributed by atoms with Crippen molar-refractivity contribution in [2.45, 2.75) is 19.6 Å². The largest absolute Gasteiger partial charge is 0.392 e. The fourth-order valence-corrected chi connectivity index (χ4v) is 3.35. The van der Waals surface area contributed by atoms with Crippen molar-refractivity contribution in [3.63, 3.8) is 0 Å². The lowest BCUT2D eigenvalue weighted by Crippen LogP contribution is -2.27. The summed E-state index contributed by atoms with van der Waals surface area (Å²) in [4.78, 5) is 3.88. The third-order valence-electron chi connectivity index (χ3n) is 3.74. The van der Waals surface area contributed by atoms with Crippen LogP contribution in [0, 0.1) is 0 Å². The Labute approximate surface area is 124 Å². The van der Waals surface area contributed by atoms with Gasteiger partial charge in [0.15, 0.2) is 0 Å². The van der Waals surface area contributed by atoms with Crippen LogP contribution in [-0.4, -0.2) is 23.1 Å². The number of hydrogen-bond donors (Lipinski definition) is 1. The van der Waals surface area contributed by atoms with Crippen LogP contribution in [0.5, 0.6) is 0 Å². The molecular weight excluding hydrogens is 266 g/mol. The Morgan fingerprint density at radius 3 is 2.50 bits per heavy atom. The minimum Gasteiger partial charge on any atom is -0.392 e. The van der Waals surface area contributed by atoms with E-state index in [-0.39, 0.29) is 6.61 Å². The van der Waals surface area contributed by atoms with Gasteiger partial charge in [-0.15, -0.1) is 11.3 Å². The van der Waals surface area contributed by atoms with Crippen molar-refractivity contribution in [1.29, 1.82) is 0 Å². The average Bonchev–Trinajstić information content (AvgIpc) is 3.03. The average molecular weight is 285 g/mol. The molecule has 2 nitrogen and oxygen atoms in total. The molecule has 104 valence electrons. The second kappa shape index (κ2) is 6.35. The molecule has 2 aromatic rings. The van der Waals surface area contributed by atoms with Crippen LogP contribution >= 0.6 is 11.3 Å². The predicted molar refractivity (Wildman–Crippen MR) is 84.6 cm³/mol. The molecule has 1 aliphatic heterocycles. The molecular formula is C17H19NOS. The van der Waals surface area contributed by atoms with E-state index in [0.29, 0.717) is 0 Å². The lowest BCUT2D eigenvalue weighted by molar-refractivity contribution is 0.281. The molecule has 1 N–H and O–H groups in total. The number of benzene rings is 1. The highest BCUT2D eigenvalue weighted by Crippen LogP contribution is 2.26. The highest BCUT2D eigenvalue weighted by Gasteiger charge is 2.13. The first kappa shape index (κ1) is 13.6. The summed E-state index contributed by atoms with van der Waals surface area (Å²) in [5.74, 6) is 0. The maximum absolute atomic E-state index is 9.05. The molecule has 1 aromatic carbocycles. The van der Waals surface area contributed by atoms with Crippen LogP contribution in [0.15, 0.2) is 47.9 Å². The molecule has 2 heterocycles. The standard InChI is InChI=1S/C17H19NOS/c19-13-15-5-3-14(4-6-15)12-18-9-7-16(8-10-18)17-2-1-11-20-17/h1-7,11,19H,8-10,12-13H2. The van der Waals surface area contributed by atoms with Crippen LogP contribution in [0.2, 0.25) is 0 Å². The Morgan fingerprint density at radius 2 is 1.90 bits per heavy atom. The van der Waals surface area contributed by atoms with Crippen molar-refractivity contribution < 1.29 is 5.11 Å². The molecule has 3 rings (SSSR count). The van der Waals surface area contributed by atoms with E-state index >= 15 is 0 Å². The van der Waals surface area contributed by atoms with E-state index in [0.717, 1.165) is 31.6 Å². The summed E-state index contributed by atoms with van der Waals surface area (Å²) in [6.45, 7) is 3.25. The van der Waals surface area contributed by atoms with Gasteiger partial charge >= 0.3 is 0 Å². The van der Waals surface area contributed by atoms with Gasteiger partial charge in [0.25, 0.3) is 0 Å². The van der Waals surface area contributed by atoms with Crippen molar-refractivity contribution >= 4 is 16.9 Å². The first-order valence-corrected chi connectivity index (χ1v) is 7.87. The number of aliphatic hydroxyl groups is 1. The normalized spacial score (nSPS) is 16.1. The zero-order chi connectivity index (χ0) is 13.8. The quantitative estimate of drug-likeness (QED) is 0.929. The number of thiophene rings is 1. The maximum Gasteiger partial charge on any atom is 0.0681 e. The van der Waals surface area contributed by atoms with Crippen molar-refractivity contribution in [3.8, 4) is 0 Å². The predicted octanol–water partition coefficient (Wildman–Crippen LogP) is 3.53. The van der Waals surface area contributed by atoms with Crippen molar-refractivity contribution in [3.05, 3.63) is 63.9 Å². The van der Waals surface area contributed by atoms with Gasteiger partial charge in [0, 0.05) is 24.5 Å². The summed E-state index contributed by atoms with van der Waals surface area (Å²) in [6.07, 6.45) is 3.49. The molecule has 0 aliphatic carbocycles. The second-order valence-corrected chi connectivity index (χ2v) is 6.11. The van der Waals surface area contributed by atoms with Gasteiger partial charge in [0.05, 0.1) is 6.61 Å². The van der Waals surface area contributed by atoms with Crippen molar-refractivity contribution in [1.82, 2.24) is 4.90 Å². The van der Waals surface area contributed by atoms with Crippen LogP contribution in [-0.2, 0) is 13.2 Å². The lowest BCUT2D eigenvalue weighted by atomic mass is 10.1. The number of aliphatic hydroxyl groups excluding tert-OH is 1. The number of nitrogens with zero attached hydrogens (tertiary/aromatic N) is 1. The van der Waals surface area contributed by atoms with Gasteiger partial charge in [-0.25, -0.2) is 0 Å². The number of hydrogen-bond acceptors (Lipinski definition) is 3. The van der Waals surface area contributed by atoms with Crippen LogP contribution in [0.1, 0.15) is 22.4 Å². The molecule has 0 fully saturated rings. The third kappa shape index (κ3) is 3.18. The number of rotatable bonds is 4. The van der Waals surface area contributed by atoms with Gasteiger partial charge < -0.3 is 5.11 Å². The van der Waals surface area contributed by atoms with E-state index in [1.54, 1.807) is 0 Å². The van der Waals surface area contributed by atoms with Gasteiger partial charge in [0.1, 0.15) is 0 Å². The summed E-state index contributed by atoms with van der Waals surface area (Å²) >= 11 is 1.83. The van der Waals surface area contributed by atoms with Gasteiger partial charge in [-0.2, -0.15) is 0 Å². The molecule has 0 bridgehead atoms. The van der Waals surface area contributed by atoms with Crippen molar-refractivity contribution in [2.75, 3.05) is 13.1 Å². The molecule has 0 spiro atoms. The minimum absolute atomic E-state index is 0.122. The molecule has 1 aromatic heterocycles. The zero-order valence-electron chi connectivity index (χ0n) is 11.5. The zero-order valence-corrected chi connectivity index (χ0v) is 12.3. The molecule has 0 saturated heterocycles. The Morgan fingerprint density at radius 1 is 1.10 bits per heavy atom. The van der Waals surface area contributed by atoms with Crippen LogP contribution in [0.3, 0.4) is 0 Å². The van der Waals surface area contributed by atoms with Crippen LogP contribution < -0.4 is 0 Å². The first-order valence-electron chi connectivity index (χ1n) is 6.99. The second-order valence-electron chi connectivity index (χ2n) is 5.17. The Bertz CT molecular complexity index is 572. The first-order chi connectivity index (χ1) is 9.85. The molecule has 0 unspecified atom stereocenters. The smallest absolute Gasteiger partial charge is 0.0681 e. The lowest BCUT2D eigenvalue weighted by Gasteiger charge is -2.26. The van der Waals surface area contributed by atoms with E-state index in [4.69, 9.17) is 5.11 Å². The summed E-state index contributed by atoms with van der Waals surface area (Å²) in [5.41, 5.74) is 3.79. The van der Waals surface area contributed by atoms with E-state index in [9.17, 15) is 0 Å². The van der Waals surface area contributed by atoms with E-state index in [1.807, 2.05) is 23.5 Å². The molecule has 3 heteroatoms.